The Balaban J connectivity index is 2.98. The van der Waals surface area contributed by atoms with Crippen molar-refractivity contribution in [1.82, 2.24) is 5.32 Å². The summed E-state index contributed by atoms with van der Waals surface area (Å²) in [5, 5.41) is 3.48. The topological polar surface area (TPSA) is 51.5 Å². The number of aryl methyl sites for hydroxylation is 1. The van der Waals surface area contributed by atoms with Crippen LogP contribution in [0.2, 0.25) is 0 Å². The number of esters is 1. The lowest BCUT2D eigenvalue weighted by atomic mass is 10.0. The van der Waals surface area contributed by atoms with E-state index in [4.69, 9.17) is 9.15 Å². The lowest BCUT2D eigenvalue weighted by molar-refractivity contribution is 0.0599. The molecule has 21 heavy (non-hydrogen) atoms. The van der Waals surface area contributed by atoms with E-state index in [1.54, 1.807) is 13.0 Å². The van der Waals surface area contributed by atoms with Gasteiger partial charge in [-0.3, -0.25) is 0 Å². The fraction of sp³-hybridized carbons (Fsp3) is 0.588. The van der Waals surface area contributed by atoms with E-state index in [0.29, 0.717) is 23.0 Å². The van der Waals surface area contributed by atoms with Gasteiger partial charge in [0.1, 0.15) is 17.1 Å². The molecular formula is C17H27NO3. The zero-order chi connectivity index (χ0) is 16.2. The van der Waals surface area contributed by atoms with Crippen LogP contribution in [0.3, 0.4) is 0 Å². The highest BCUT2D eigenvalue weighted by atomic mass is 16.5. The first-order valence-electron chi connectivity index (χ1n) is 7.28. The minimum absolute atomic E-state index is 0.0598. The summed E-state index contributed by atoms with van der Waals surface area (Å²) in [7, 11) is 1.37. The van der Waals surface area contributed by atoms with Crippen molar-refractivity contribution in [2.24, 2.45) is 5.92 Å². The number of hydrogen-bond acceptors (Lipinski definition) is 4. The van der Waals surface area contributed by atoms with Gasteiger partial charge in [0.25, 0.3) is 0 Å². The van der Waals surface area contributed by atoms with Crippen molar-refractivity contribution in [3.8, 4) is 0 Å². The fourth-order valence-electron chi connectivity index (χ4n) is 1.86. The zero-order valence-electron chi connectivity index (χ0n) is 14.2. The summed E-state index contributed by atoms with van der Waals surface area (Å²) in [4.78, 5) is 11.6. The number of hydrogen-bond donors (Lipinski definition) is 1. The highest BCUT2D eigenvalue weighted by Gasteiger charge is 2.16. The van der Waals surface area contributed by atoms with Gasteiger partial charge in [0.2, 0.25) is 0 Å². The Morgan fingerprint density at radius 3 is 2.52 bits per heavy atom. The third-order valence-corrected chi connectivity index (χ3v) is 3.23. The van der Waals surface area contributed by atoms with Gasteiger partial charge in [0.05, 0.1) is 7.11 Å². The van der Waals surface area contributed by atoms with Crippen LogP contribution in [0.15, 0.2) is 16.1 Å². The Morgan fingerprint density at radius 2 is 2.05 bits per heavy atom. The molecule has 0 bridgehead atoms. The summed E-state index contributed by atoms with van der Waals surface area (Å²) < 4.78 is 10.4. The Hall–Kier alpha value is -1.55. The van der Waals surface area contributed by atoms with Crippen molar-refractivity contribution >= 4 is 12.0 Å². The van der Waals surface area contributed by atoms with Crippen LogP contribution in [0, 0.1) is 12.8 Å². The zero-order valence-corrected chi connectivity index (χ0v) is 14.2. The van der Waals surface area contributed by atoms with Crippen LogP contribution in [-0.4, -0.2) is 25.2 Å². The molecule has 118 valence electrons. The monoisotopic (exact) mass is 293 g/mol. The molecule has 0 saturated heterocycles. The molecule has 1 aromatic rings. The standard InChI is InChI=1S/C17H27NO3/c1-11(2)13(10-18-17(4,5)6)8-14-9-15(12(3)21-14)16(19)20-7/h8-9,11,18H,10H2,1-7H3. The number of ether oxygens (including phenoxy) is 1. The second-order valence-corrected chi connectivity index (χ2v) is 6.59. The van der Waals surface area contributed by atoms with E-state index < -0.39 is 0 Å². The van der Waals surface area contributed by atoms with Crippen molar-refractivity contribution in [3.63, 3.8) is 0 Å². The van der Waals surface area contributed by atoms with Gasteiger partial charge in [-0.15, -0.1) is 0 Å². The van der Waals surface area contributed by atoms with E-state index in [1.807, 2.05) is 6.08 Å². The first-order chi connectivity index (χ1) is 9.64. The number of nitrogens with one attached hydrogen (secondary N) is 1. The molecule has 1 N–H and O–H groups in total. The maximum absolute atomic E-state index is 11.6. The van der Waals surface area contributed by atoms with E-state index in [0.717, 1.165) is 6.54 Å². The summed E-state index contributed by atoms with van der Waals surface area (Å²) in [5.41, 5.74) is 1.77. The number of methoxy groups -OCH3 is 1. The van der Waals surface area contributed by atoms with Crippen molar-refractivity contribution in [2.45, 2.75) is 47.1 Å². The molecule has 4 heteroatoms. The lowest BCUT2D eigenvalue weighted by Crippen LogP contribution is -2.37. The fourth-order valence-corrected chi connectivity index (χ4v) is 1.86. The lowest BCUT2D eigenvalue weighted by Gasteiger charge is -2.23. The highest BCUT2D eigenvalue weighted by Crippen LogP contribution is 2.21. The molecule has 1 rings (SSSR count). The minimum atomic E-state index is -0.366. The van der Waals surface area contributed by atoms with Gasteiger partial charge in [0, 0.05) is 12.1 Å². The minimum Gasteiger partial charge on any atom is -0.465 e. The van der Waals surface area contributed by atoms with Crippen molar-refractivity contribution in [1.29, 1.82) is 0 Å². The van der Waals surface area contributed by atoms with Gasteiger partial charge in [-0.05, 0) is 45.8 Å². The summed E-state index contributed by atoms with van der Waals surface area (Å²) in [5.74, 6) is 1.30. The number of carbonyl (C=O) groups is 1. The SMILES string of the molecule is COC(=O)c1cc(C=C(CNC(C)(C)C)C(C)C)oc1C. The molecule has 0 radical (unpaired) electrons. The van der Waals surface area contributed by atoms with Crippen molar-refractivity contribution in [2.75, 3.05) is 13.7 Å². The van der Waals surface area contributed by atoms with Gasteiger partial charge in [-0.1, -0.05) is 19.4 Å². The molecule has 0 aliphatic rings. The summed E-state index contributed by atoms with van der Waals surface area (Å²) in [6.07, 6.45) is 2.00. The van der Waals surface area contributed by atoms with Gasteiger partial charge in [-0.2, -0.15) is 0 Å². The molecule has 0 aromatic carbocycles. The second kappa shape index (κ2) is 6.94. The molecule has 0 atom stereocenters. The first kappa shape index (κ1) is 17.5. The summed E-state index contributed by atoms with van der Waals surface area (Å²) >= 11 is 0. The Morgan fingerprint density at radius 1 is 1.43 bits per heavy atom. The average Bonchev–Trinajstić information content (AvgIpc) is 2.73. The quantitative estimate of drug-likeness (QED) is 0.839. The van der Waals surface area contributed by atoms with Crippen LogP contribution < -0.4 is 5.32 Å². The highest BCUT2D eigenvalue weighted by molar-refractivity contribution is 5.91. The smallest absolute Gasteiger partial charge is 0.341 e. The molecule has 0 spiro atoms. The molecule has 0 amide bonds. The van der Waals surface area contributed by atoms with Crippen LogP contribution in [0.1, 0.15) is 56.5 Å². The summed E-state index contributed by atoms with van der Waals surface area (Å²) in [6.45, 7) is 13.3. The van der Waals surface area contributed by atoms with Gasteiger partial charge >= 0.3 is 5.97 Å². The van der Waals surface area contributed by atoms with Crippen LogP contribution in [0.25, 0.3) is 6.08 Å². The molecule has 0 fully saturated rings. The Bertz CT molecular complexity index is 519. The molecule has 0 aliphatic carbocycles. The number of carbonyl (C=O) groups excluding carboxylic acids is 1. The number of rotatable bonds is 5. The largest absolute Gasteiger partial charge is 0.465 e. The predicted octanol–water partition coefficient (Wildman–Crippen LogP) is 3.80. The van der Waals surface area contributed by atoms with E-state index >= 15 is 0 Å². The molecular weight excluding hydrogens is 266 g/mol. The third kappa shape index (κ3) is 5.38. The molecule has 0 saturated carbocycles. The average molecular weight is 293 g/mol. The molecule has 0 aliphatic heterocycles. The first-order valence-corrected chi connectivity index (χ1v) is 7.28. The summed E-state index contributed by atoms with van der Waals surface area (Å²) in [6, 6.07) is 1.74. The maximum Gasteiger partial charge on any atom is 0.341 e. The van der Waals surface area contributed by atoms with Crippen molar-refractivity contribution < 1.29 is 13.9 Å². The normalized spacial score (nSPS) is 12.9. The van der Waals surface area contributed by atoms with E-state index in [1.165, 1.54) is 12.7 Å². The molecule has 1 aromatic heterocycles. The maximum atomic E-state index is 11.6. The number of furan rings is 1. The molecule has 1 heterocycles. The van der Waals surface area contributed by atoms with Gasteiger partial charge in [-0.25, -0.2) is 4.79 Å². The van der Waals surface area contributed by atoms with Crippen LogP contribution in [-0.2, 0) is 4.74 Å². The van der Waals surface area contributed by atoms with Gasteiger partial charge in [0.15, 0.2) is 0 Å². The third-order valence-electron chi connectivity index (χ3n) is 3.23. The van der Waals surface area contributed by atoms with E-state index in [2.05, 4.69) is 39.9 Å². The van der Waals surface area contributed by atoms with E-state index in [9.17, 15) is 4.79 Å². The Labute approximate surface area is 127 Å². The second-order valence-electron chi connectivity index (χ2n) is 6.59. The van der Waals surface area contributed by atoms with Crippen LogP contribution in [0.5, 0.6) is 0 Å². The Kier molecular flexibility index (Phi) is 5.78. The van der Waals surface area contributed by atoms with Crippen molar-refractivity contribution in [3.05, 3.63) is 28.7 Å². The molecule has 4 nitrogen and oxygen atoms in total. The molecule has 0 unspecified atom stereocenters. The predicted molar refractivity (Wildman–Crippen MR) is 85.4 cm³/mol. The van der Waals surface area contributed by atoms with Crippen LogP contribution in [0.4, 0.5) is 0 Å². The van der Waals surface area contributed by atoms with Crippen LogP contribution >= 0.6 is 0 Å². The van der Waals surface area contributed by atoms with E-state index in [-0.39, 0.29) is 11.5 Å². The van der Waals surface area contributed by atoms with Gasteiger partial charge < -0.3 is 14.5 Å².